The normalized spacial score (nSPS) is 19.4. The van der Waals surface area contributed by atoms with Crippen LogP contribution in [0.3, 0.4) is 0 Å². The third-order valence-electron chi connectivity index (χ3n) is 5.75. The number of aryl methyl sites for hydroxylation is 1. The molecule has 0 radical (unpaired) electrons. The molecule has 1 spiro atoms. The second-order valence-corrected chi connectivity index (χ2v) is 7.59. The first-order valence-corrected chi connectivity index (χ1v) is 9.52. The van der Waals surface area contributed by atoms with Crippen LogP contribution in [-0.2, 0) is 13.0 Å². The first kappa shape index (κ1) is 16.6. The SMILES string of the molecule is CCCc1ccc(CN2CCN(c3ccccc3F)CC23CC3)cc1. The molecule has 25 heavy (non-hydrogen) atoms. The largest absolute Gasteiger partial charge is 0.366 e. The van der Waals surface area contributed by atoms with Crippen LogP contribution in [0.4, 0.5) is 10.1 Å². The Morgan fingerprint density at radius 1 is 0.960 bits per heavy atom. The standard InChI is InChI=1S/C22H27FN2/c1-2-5-18-8-10-19(11-9-18)16-25-15-14-24(17-22(25)12-13-22)21-7-4-3-6-20(21)23/h3-4,6-11H,2,5,12-17H2,1H3. The highest BCUT2D eigenvalue weighted by Gasteiger charge is 2.51. The third kappa shape index (κ3) is 3.43. The van der Waals surface area contributed by atoms with E-state index in [1.807, 2.05) is 12.1 Å². The van der Waals surface area contributed by atoms with E-state index >= 15 is 0 Å². The molecule has 0 atom stereocenters. The number of rotatable bonds is 5. The Morgan fingerprint density at radius 2 is 1.68 bits per heavy atom. The molecule has 2 fully saturated rings. The molecule has 132 valence electrons. The lowest BCUT2D eigenvalue weighted by molar-refractivity contribution is 0.149. The fraction of sp³-hybridized carbons (Fsp3) is 0.455. The van der Waals surface area contributed by atoms with Crippen LogP contribution in [0.25, 0.3) is 0 Å². The molecular weight excluding hydrogens is 311 g/mol. The van der Waals surface area contributed by atoms with Crippen molar-refractivity contribution in [1.29, 1.82) is 0 Å². The van der Waals surface area contributed by atoms with E-state index in [1.165, 1.54) is 30.4 Å². The summed E-state index contributed by atoms with van der Waals surface area (Å²) in [5.74, 6) is -0.0988. The highest BCUT2D eigenvalue weighted by Crippen LogP contribution is 2.45. The lowest BCUT2D eigenvalue weighted by Crippen LogP contribution is -2.54. The monoisotopic (exact) mass is 338 g/mol. The van der Waals surface area contributed by atoms with Gasteiger partial charge < -0.3 is 4.90 Å². The Kier molecular flexibility index (Phi) is 4.51. The van der Waals surface area contributed by atoms with Gasteiger partial charge in [-0.2, -0.15) is 0 Å². The zero-order valence-electron chi connectivity index (χ0n) is 15.0. The topological polar surface area (TPSA) is 6.48 Å². The first-order valence-electron chi connectivity index (χ1n) is 9.52. The summed E-state index contributed by atoms with van der Waals surface area (Å²) in [7, 11) is 0. The Labute approximate surface area is 150 Å². The van der Waals surface area contributed by atoms with E-state index in [0.29, 0.717) is 0 Å². The fourth-order valence-corrected chi connectivity index (χ4v) is 4.11. The van der Waals surface area contributed by atoms with Crippen molar-refractivity contribution in [1.82, 2.24) is 4.90 Å². The minimum Gasteiger partial charge on any atom is -0.366 e. The quantitative estimate of drug-likeness (QED) is 0.784. The molecule has 2 aromatic rings. The molecule has 2 nitrogen and oxygen atoms in total. The molecule has 2 aromatic carbocycles. The van der Waals surface area contributed by atoms with Crippen molar-refractivity contribution in [2.45, 2.75) is 44.7 Å². The van der Waals surface area contributed by atoms with Gasteiger partial charge in [0.25, 0.3) is 0 Å². The summed E-state index contributed by atoms with van der Waals surface area (Å²) in [6.45, 7) is 6.08. The second-order valence-electron chi connectivity index (χ2n) is 7.59. The van der Waals surface area contributed by atoms with E-state index in [1.54, 1.807) is 12.1 Å². The molecule has 3 heteroatoms. The van der Waals surface area contributed by atoms with Crippen molar-refractivity contribution in [2.75, 3.05) is 24.5 Å². The predicted molar refractivity (Wildman–Crippen MR) is 101 cm³/mol. The van der Waals surface area contributed by atoms with Gasteiger partial charge in [-0.05, 0) is 42.5 Å². The van der Waals surface area contributed by atoms with Gasteiger partial charge in [-0.1, -0.05) is 49.7 Å². The molecule has 0 amide bonds. The van der Waals surface area contributed by atoms with Crippen molar-refractivity contribution in [3.63, 3.8) is 0 Å². The number of hydrogen-bond donors (Lipinski definition) is 0. The highest BCUT2D eigenvalue weighted by atomic mass is 19.1. The average molecular weight is 338 g/mol. The smallest absolute Gasteiger partial charge is 0.146 e. The number of piperazine rings is 1. The van der Waals surface area contributed by atoms with Gasteiger partial charge in [0, 0.05) is 31.7 Å². The van der Waals surface area contributed by atoms with E-state index in [0.717, 1.165) is 38.3 Å². The molecule has 2 aliphatic rings. The summed E-state index contributed by atoms with van der Waals surface area (Å²) in [5.41, 5.74) is 3.84. The van der Waals surface area contributed by atoms with E-state index in [9.17, 15) is 4.39 Å². The zero-order valence-corrected chi connectivity index (χ0v) is 15.0. The summed E-state index contributed by atoms with van der Waals surface area (Å²) in [4.78, 5) is 4.86. The molecule has 1 saturated heterocycles. The van der Waals surface area contributed by atoms with E-state index in [-0.39, 0.29) is 11.4 Å². The van der Waals surface area contributed by atoms with Crippen LogP contribution < -0.4 is 4.90 Å². The summed E-state index contributed by atoms with van der Waals surface area (Å²) in [6, 6.07) is 16.3. The van der Waals surface area contributed by atoms with Crippen LogP contribution >= 0.6 is 0 Å². The number of nitrogens with zero attached hydrogens (tertiary/aromatic N) is 2. The van der Waals surface area contributed by atoms with Gasteiger partial charge in [0.1, 0.15) is 5.82 Å². The minimum atomic E-state index is -0.0988. The number of hydrogen-bond acceptors (Lipinski definition) is 2. The van der Waals surface area contributed by atoms with E-state index in [4.69, 9.17) is 0 Å². The average Bonchev–Trinajstić information content (AvgIpc) is 3.39. The van der Waals surface area contributed by atoms with Crippen molar-refractivity contribution >= 4 is 5.69 Å². The van der Waals surface area contributed by atoms with Crippen molar-refractivity contribution in [2.24, 2.45) is 0 Å². The molecule has 1 saturated carbocycles. The fourth-order valence-electron chi connectivity index (χ4n) is 4.11. The number of anilines is 1. The molecule has 0 aromatic heterocycles. The molecule has 1 heterocycles. The maximum Gasteiger partial charge on any atom is 0.146 e. The van der Waals surface area contributed by atoms with E-state index in [2.05, 4.69) is 41.0 Å². The Hall–Kier alpha value is -1.87. The number of para-hydroxylation sites is 1. The lowest BCUT2D eigenvalue weighted by atomic mass is 10.0. The Morgan fingerprint density at radius 3 is 2.36 bits per heavy atom. The number of halogens is 1. The first-order chi connectivity index (χ1) is 12.2. The minimum absolute atomic E-state index is 0.0988. The summed E-state index contributed by atoms with van der Waals surface area (Å²) < 4.78 is 14.1. The third-order valence-corrected chi connectivity index (χ3v) is 5.75. The van der Waals surface area contributed by atoms with Gasteiger partial charge in [0.2, 0.25) is 0 Å². The second kappa shape index (κ2) is 6.80. The molecule has 0 N–H and O–H groups in total. The van der Waals surface area contributed by atoms with Crippen LogP contribution in [0, 0.1) is 5.82 Å². The molecular formula is C22H27FN2. The van der Waals surface area contributed by atoms with Gasteiger partial charge >= 0.3 is 0 Å². The summed E-state index contributed by atoms with van der Waals surface area (Å²) in [6.07, 6.45) is 4.81. The van der Waals surface area contributed by atoms with Crippen LogP contribution in [0.15, 0.2) is 48.5 Å². The van der Waals surface area contributed by atoms with Gasteiger partial charge in [0.05, 0.1) is 5.69 Å². The molecule has 1 aliphatic heterocycles. The van der Waals surface area contributed by atoms with Crippen LogP contribution in [0.2, 0.25) is 0 Å². The summed E-state index contributed by atoms with van der Waals surface area (Å²) in [5, 5.41) is 0. The van der Waals surface area contributed by atoms with E-state index < -0.39 is 0 Å². The Bertz CT molecular complexity index is 721. The Balaban J connectivity index is 1.44. The number of benzene rings is 2. The van der Waals surface area contributed by atoms with Gasteiger partial charge in [0.15, 0.2) is 0 Å². The highest BCUT2D eigenvalue weighted by molar-refractivity contribution is 5.49. The van der Waals surface area contributed by atoms with Gasteiger partial charge in [-0.15, -0.1) is 0 Å². The predicted octanol–water partition coefficient (Wildman–Crippen LogP) is 4.63. The maximum atomic E-state index is 14.1. The van der Waals surface area contributed by atoms with Crippen molar-refractivity contribution < 1.29 is 4.39 Å². The van der Waals surface area contributed by atoms with Crippen LogP contribution in [0.1, 0.15) is 37.3 Å². The van der Waals surface area contributed by atoms with Crippen LogP contribution in [-0.4, -0.2) is 30.1 Å². The zero-order chi connectivity index (χ0) is 17.3. The molecule has 0 unspecified atom stereocenters. The molecule has 0 bridgehead atoms. The van der Waals surface area contributed by atoms with Crippen molar-refractivity contribution in [3.8, 4) is 0 Å². The summed E-state index contributed by atoms with van der Waals surface area (Å²) >= 11 is 0. The molecule has 1 aliphatic carbocycles. The lowest BCUT2D eigenvalue weighted by Gasteiger charge is -2.43. The maximum absolute atomic E-state index is 14.1. The van der Waals surface area contributed by atoms with Crippen molar-refractivity contribution in [3.05, 3.63) is 65.5 Å². The van der Waals surface area contributed by atoms with Crippen LogP contribution in [0.5, 0.6) is 0 Å². The van der Waals surface area contributed by atoms with Gasteiger partial charge in [-0.25, -0.2) is 4.39 Å². The molecule has 4 rings (SSSR count). The van der Waals surface area contributed by atoms with Gasteiger partial charge in [-0.3, -0.25) is 4.90 Å².